The molecule has 1 N–H and O–H groups in total. The molecule has 3 rings (SSSR count). The van der Waals surface area contributed by atoms with E-state index < -0.39 is 16.0 Å². The quantitative estimate of drug-likeness (QED) is 0.852. The summed E-state index contributed by atoms with van der Waals surface area (Å²) < 4.78 is 29.1. The molecule has 0 atom stereocenters. The molecule has 1 aromatic heterocycles. The summed E-state index contributed by atoms with van der Waals surface area (Å²) in [4.78, 5) is 11.3. The second-order valence-electron chi connectivity index (χ2n) is 4.65. The Bertz CT molecular complexity index is 909. The maximum Gasteiger partial charge on any atom is 0.339 e. The zero-order chi connectivity index (χ0) is 15.4. The molecule has 0 aliphatic carbocycles. The molecule has 0 amide bonds. The van der Waals surface area contributed by atoms with Gasteiger partial charge >= 0.3 is 5.97 Å². The van der Waals surface area contributed by atoms with Gasteiger partial charge < -0.3 is 5.11 Å². The van der Waals surface area contributed by atoms with Crippen molar-refractivity contribution >= 4 is 21.8 Å². The first-order valence-corrected chi connectivity index (χ1v) is 7.51. The van der Waals surface area contributed by atoms with Crippen molar-refractivity contribution in [3.05, 3.63) is 46.8 Å². The Labute approximate surface area is 120 Å². The highest BCUT2D eigenvalue weighted by molar-refractivity contribution is 7.90. The Morgan fingerprint density at radius 2 is 1.90 bits per heavy atom. The SMILES string of the molecule is Cc1nn(C2=NS(=O)(=O)c3ccccc32)c(C)c1C(=O)O. The lowest BCUT2D eigenvalue weighted by atomic mass is 10.2. The summed E-state index contributed by atoms with van der Waals surface area (Å²) in [6, 6.07) is 6.39. The highest BCUT2D eigenvalue weighted by Crippen LogP contribution is 2.27. The van der Waals surface area contributed by atoms with Crippen LogP contribution < -0.4 is 0 Å². The summed E-state index contributed by atoms with van der Waals surface area (Å²) in [5.41, 5.74) is 1.12. The fraction of sp³-hybridized carbons (Fsp3) is 0.154. The first-order valence-electron chi connectivity index (χ1n) is 6.07. The van der Waals surface area contributed by atoms with Crippen LogP contribution in [0.4, 0.5) is 0 Å². The lowest BCUT2D eigenvalue weighted by Gasteiger charge is -2.04. The summed E-state index contributed by atoms with van der Waals surface area (Å²) in [6.45, 7) is 3.13. The molecule has 0 bridgehead atoms. The van der Waals surface area contributed by atoms with E-state index in [0.717, 1.165) is 0 Å². The Morgan fingerprint density at radius 3 is 2.52 bits per heavy atom. The summed E-state index contributed by atoms with van der Waals surface area (Å²) in [7, 11) is -3.76. The van der Waals surface area contributed by atoms with E-state index in [-0.39, 0.29) is 16.3 Å². The van der Waals surface area contributed by atoms with Gasteiger partial charge in [-0.3, -0.25) is 0 Å². The maximum absolute atomic E-state index is 12.0. The molecule has 8 heteroatoms. The largest absolute Gasteiger partial charge is 0.478 e. The molecular formula is C13H11N3O4S. The van der Waals surface area contributed by atoms with Crippen molar-refractivity contribution in [1.29, 1.82) is 0 Å². The number of hydrogen-bond acceptors (Lipinski definition) is 4. The molecular weight excluding hydrogens is 294 g/mol. The van der Waals surface area contributed by atoms with Gasteiger partial charge in [0.05, 0.1) is 11.4 Å². The molecule has 0 saturated heterocycles. The second kappa shape index (κ2) is 4.26. The third-order valence-electron chi connectivity index (χ3n) is 3.32. The number of benzene rings is 1. The molecule has 1 aromatic carbocycles. The molecule has 0 fully saturated rings. The van der Waals surface area contributed by atoms with E-state index in [4.69, 9.17) is 0 Å². The zero-order valence-electron chi connectivity index (χ0n) is 11.2. The van der Waals surface area contributed by atoms with Gasteiger partial charge in [0.25, 0.3) is 10.0 Å². The van der Waals surface area contributed by atoms with Crippen molar-refractivity contribution in [3.8, 4) is 0 Å². The molecule has 1 aliphatic heterocycles. The predicted molar refractivity (Wildman–Crippen MR) is 74.2 cm³/mol. The molecule has 21 heavy (non-hydrogen) atoms. The van der Waals surface area contributed by atoms with Gasteiger partial charge in [-0.1, -0.05) is 12.1 Å². The third kappa shape index (κ3) is 1.87. The second-order valence-corrected chi connectivity index (χ2v) is 6.22. The van der Waals surface area contributed by atoms with Gasteiger partial charge in [-0.2, -0.15) is 13.5 Å². The summed E-state index contributed by atoms with van der Waals surface area (Å²) in [5, 5.41) is 13.3. The highest BCUT2D eigenvalue weighted by atomic mass is 32.2. The lowest BCUT2D eigenvalue weighted by Crippen LogP contribution is -2.15. The number of carbonyl (C=O) groups is 1. The smallest absolute Gasteiger partial charge is 0.339 e. The van der Waals surface area contributed by atoms with Crippen molar-refractivity contribution < 1.29 is 18.3 Å². The Balaban J connectivity index is 2.29. The number of rotatable bonds is 1. The Kier molecular flexibility index (Phi) is 2.74. The predicted octanol–water partition coefficient (Wildman–Crippen LogP) is 1.20. The number of fused-ring (bicyclic) bond motifs is 1. The molecule has 1 aliphatic rings. The molecule has 2 heterocycles. The fourth-order valence-corrected chi connectivity index (χ4v) is 3.59. The van der Waals surface area contributed by atoms with Crippen LogP contribution in [-0.2, 0) is 10.0 Å². The molecule has 0 spiro atoms. The summed E-state index contributed by atoms with van der Waals surface area (Å²) in [5.74, 6) is -0.982. The van der Waals surface area contributed by atoms with Crippen LogP contribution in [0.1, 0.15) is 27.3 Å². The van der Waals surface area contributed by atoms with E-state index in [1.165, 1.54) is 10.7 Å². The minimum atomic E-state index is -3.76. The molecule has 2 aromatic rings. The highest BCUT2D eigenvalue weighted by Gasteiger charge is 2.32. The molecule has 0 saturated carbocycles. The number of carboxylic acids is 1. The van der Waals surface area contributed by atoms with Gasteiger partial charge in [0.15, 0.2) is 5.84 Å². The van der Waals surface area contributed by atoms with Crippen LogP contribution in [0.2, 0.25) is 0 Å². The van der Waals surface area contributed by atoms with Crippen molar-refractivity contribution in [3.63, 3.8) is 0 Å². The van der Waals surface area contributed by atoms with Gasteiger partial charge in [0, 0.05) is 5.56 Å². The van der Waals surface area contributed by atoms with Crippen LogP contribution in [0, 0.1) is 13.8 Å². The average molecular weight is 305 g/mol. The Morgan fingerprint density at radius 1 is 1.24 bits per heavy atom. The minimum Gasteiger partial charge on any atom is -0.478 e. The van der Waals surface area contributed by atoms with Crippen LogP contribution >= 0.6 is 0 Å². The van der Waals surface area contributed by atoms with Gasteiger partial charge in [0.2, 0.25) is 0 Å². The standard InChI is InChI=1S/C13H11N3O4S/c1-7-11(13(17)18)8(2)16(14-7)12-9-5-3-4-6-10(9)21(19,20)15-12/h3-6H,1-2H3,(H,17,18). The van der Waals surface area contributed by atoms with Crippen LogP contribution in [0.3, 0.4) is 0 Å². The van der Waals surface area contributed by atoms with E-state index in [2.05, 4.69) is 9.50 Å². The monoisotopic (exact) mass is 305 g/mol. The normalized spacial score (nSPS) is 15.6. The first kappa shape index (κ1) is 13.5. The van der Waals surface area contributed by atoms with E-state index in [1.807, 2.05) is 0 Å². The molecule has 108 valence electrons. The van der Waals surface area contributed by atoms with Crippen molar-refractivity contribution in [2.24, 2.45) is 4.40 Å². The fourth-order valence-electron chi connectivity index (χ4n) is 2.40. The van der Waals surface area contributed by atoms with Gasteiger partial charge in [-0.25, -0.2) is 9.48 Å². The van der Waals surface area contributed by atoms with Gasteiger partial charge in [-0.05, 0) is 26.0 Å². The zero-order valence-corrected chi connectivity index (χ0v) is 12.0. The number of aromatic carboxylic acids is 1. The van der Waals surface area contributed by atoms with Gasteiger partial charge in [0.1, 0.15) is 10.5 Å². The van der Waals surface area contributed by atoms with Crippen molar-refractivity contribution in [2.45, 2.75) is 18.7 Å². The molecule has 7 nitrogen and oxygen atoms in total. The minimum absolute atomic E-state index is 0.0551. The molecule has 0 radical (unpaired) electrons. The number of sulfonamides is 1. The van der Waals surface area contributed by atoms with Gasteiger partial charge in [-0.15, -0.1) is 4.40 Å². The van der Waals surface area contributed by atoms with Crippen LogP contribution in [0.25, 0.3) is 0 Å². The van der Waals surface area contributed by atoms with Crippen molar-refractivity contribution in [1.82, 2.24) is 9.78 Å². The van der Waals surface area contributed by atoms with E-state index >= 15 is 0 Å². The number of aryl methyl sites for hydroxylation is 1. The average Bonchev–Trinajstić information content (AvgIpc) is 2.85. The van der Waals surface area contributed by atoms with E-state index in [9.17, 15) is 18.3 Å². The third-order valence-corrected chi connectivity index (χ3v) is 4.64. The van der Waals surface area contributed by atoms with E-state index in [1.54, 1.807) is 32.0 Å². The Hall–Kier alpha value is -2.48. The summed E-state index contributed by atoms with van der Waals surface area (Å²) >= 11 is 0. The van der Waals surface area contributed by atoms with Crippen LogP contribution in [0.15, 0.2) is 33.6 Å². The van der Waals surface area contributed by atoms with E-state index in [0.29, 0.717) is 17.0 Å². The van der Waals surface area contributed by atoms with Crippen LogP contribution in [0.5, 0.6) is 0 Å². The first-order chi connectivity index (χ1) is 9.83. The number of carboxylic acid groups (broad SMARTS) is 1. The maximum atomic E-state index is 12.0. The number of hydrogen-bond donors (Lipinski definition) is 1. The number of aromatic nitrogens is 2. The topological polar surface area (TPSA) is 102 Å². The number of nitrogens with zero attached hydrogens (tertiary/aromatic N) is 3. The van der Waals surface area contributed by atoms with Crippen LogP contribution in [-0.4, -0.2) is 35.1 Å². The molecule has 0 unspecified atom stereocenters. The lowest BCUT2D eigenvalue weighted by molar-refractivity contribution is 0.0695. The summed E-state index contributed by atoms with van der Waals surface area (Å²) in [6.07, 6.45) is 0. The van der Waals surface area contributed by atoms with Crippen molar-refractivity contribution in [2.75, 3.05) is 0 Å².